The number of H-pyrrole nitrogens is 1. The minimum atomic E-state index is 0.760. The quantitative estimate of drug-likeness (QED) is 0.751. The number of aromatic amines is 1. The van der Waals surface area contributed by atoms with Crippen molar-refractivity contribution in [3.8, 4) is 11.5 Å². The molecule has 114 valence electrons. The molecule has 0 unspecified atom stereocenters. The molecule has 1 heterocycles. The van der Waals surface area contributed by atoms with E-state index in [-0.39, 0.29) is 0 Å². The molecule has 21 heavy (non-hydrogen) atoms. The van der Waals surface area contributed by atoms with E-state index < -0.39 is 0 Å². The highest BCUT2D eigenvalue weighted by atomic mass is 16.5. The van der Waals surface area contributed by atoms with Gasteiger partial charge in [-0.25, -0.2) is 0 Å². The largest absolute Gasteiger partial charge is 0.497 e. The number of nitrogens with one attached hydrogen (secondary N) is 1. The first-order chi connectivity index (χ1) is 10.2. The van der Waals surface area contributed by atoms with Gasteiger partial charge in [0.25, 0.3) is 0 Å². The van der Waals surface area contributed by atoms with Crippen molar-refractivity contribution in [2.45, 2.75) is 39.5 Å². The Bertz CT molecular complexity index is 527. The first-order valence-corrected chi connectivity index (χ1v) is 7.48. The molecule has 0 saturated heterocycles. The highest BCUT2D eigenvalue weighted by Gasteiger charge is 2.05. The molecule has 1 aromatic carbocycles. The topological polar surface area (TPSA) is 47.1 Å². The Balaban J connectivity index is 1.61. The SMILES string of the molecule is COc1ccc(OCCCCCc2c(C)n[nH]c2C)cc1. The standard InChI is InChI=1S/C17H24N2O2/c1-13-17(14(2)19-18-13)7-5-4-6-12-21-16-10-8-15(20-3)9-11-16/h8-11H,4-7,12H2,1-3H3,(H,18,19). The molecule has 0 amide bonds. The third-order valence-electron chi connectivity index (χ3n) is 3.68. The first-order valence-electron chi connectivity index (χ1n) is 7.48. The van der Waals surface area contributed by atoms with Crippen LogP contribution in [-0.4, -0.2) is 23.9 Å². The van der Waals surface area contributed by atoms with Crippen molar-refractivity contribution < 1.29 is 9.47 Å². The van der Waals surface area contributed by atoms with Crippen LogP contribution in [0.15, 0.2) is 24.3 Å². The van der Waals surface area contributed by atoms with Crippen LogP contribution in [0.4, 0.5) is 0 Å². The molecule has 0 saturated carbocycles. The van der Waals surface area contributed by atoms with Gasteiger partial charge in [-0.05, 0) is 69.4 Å². The highest BCUT2D eigenvalue weighted by molar-refractivity contribution is 5.31. The van der Waals surface area contributed by atoms with Crippen molar-refractivity contribution in [3.05, 3.63) is 41.2 Å². The summed E-state index contributed by atoms with van der Waals surface area (Å²) in [5.41, 5.74) is 3.69. The average Bonchev–Trinajstić information content (AvgIpc) is 2.82. The molecular weight excluding hydrogens is 264 g/mol. The second-order valence-electron chi connectivity index (χ2n) is 5.25. The van der Waals surface area contributed by atoms with Crippen LogP contribution in [0.1, 0.15) is 36.2 Å². The van der Waals surface area contributed by atoms with Crippen LogP contribution < -0.4 is 9.47 Å². The van der Waals surface area contributed by atoms with E-state index in [9.17, 15) is 0 Å². The summed E-state index contributed by atoms with van der Waals surface area (Å²) in [5.74, 6) is 1.76. The Morgan fingerprint density at radius 1 is 1.00 bits per heavy atom. The fraction of sp³-hybridized carbons (Fsp3) is 0.471. The van der Waals surface area contributed by atoms with Crippen LogP contribution in [0.5, 0.6) is 11.5 Å². The molecule has 4 heteroatoms. The number of aryl methyl sites for hydroxylation is 2. The second kappa shape index (κ2) is 7.72. The van der Waals surface area contributed by atoms with E-state index in [0.29, 0.717) is 0 Å². The molecule has 2 aromatic rings. The molecule has 2 rings (SSSR count). The van der Waals surface area contributed by atoms with Gasteiger partial charge in [0.2, 0.25) is 0 Å². The van der Waals surface area contributed by atoms with Gasteiger partial charge >= 0.3 is 0 Å². The molecule has 0 atom stereocenters. The number of ether oxygens (including phenoxy) is 2. The van der Waals surface area contributed by atoms with E-state index >= 15 is 0 Å². The van der Waals surface area contributed by atoms with Gasteiger partial charge in [0.15, 0.2) is 0 Å². The van der Waals surface area contributed by atoms with Crippen molar-refractivity contribution in [1.82, 2.24) is 10.2 Å². The maximum Gasteiger partial charge on any atom is 0.119 e. The number of aromatic nitrogens is 2. The Morgan fingerprint density at radius 3 is 2.33 bits per heavy atom. The maximum atomic E-state index is 5.72. The Labute approximate surface area is 126 Å². The van der Waals surface area contributed by atoms with Crippen molar-refractivity contribution in [2.75, 3.05) is 13.7 Å². The monoisotopic (exact) mass is 288 g/mol. The van der Waals surface area contributed by atoms with Crippen LogP contribution in [0, 0.1) is 13.8 Å². The van der Waals surface area contributed by atoms with Crippen molar-refractivity contribution in [1.29, 1.82) is 0 Å². The zero-order chi connectivity index (χ0) is 15.1. The maximum absolute atomic E-state index is 5.72. The van der Waals surface area contributed by atoms with Gasteiger partial charge in [-0.15, -0.1) is 0 Å². The van der Waals surface area contributed by atoms with Crippen LogP contribution in [-0.2, 0) is 6.42 Å². The predicted molar refractivity (Wildman–Crippen MR) is 84.1 cm³/mol. The molecule has 1 N–H and O–H groups in total. The van der Waals surface area contributed by atoms with Gasteiger partial charge in [-0.2, -0.15) is 5.10 Å². The van der Waals surface area contributed by atoms with E-state index in [1.54, 1.807) is 7.11 Å². The van der Waals surface area contributed by atoms with Crippen molar-refractivity contribution >= 4 is 0 Å². The van der Waals surface area contributed by atoms with E-state index in [4.69, 9.17) is 9.47 Å². The summed E-state index contributed by atoms with van der Waals surface area (Å²) in [6.45, 7) is 4.91. The number of benzene rings is 1. The van der Waals surface area contributed by atoms with Gasteiger partial charge in [0, 0.05) is 5.69 Å². The highest BCUT2D eigenvalue weighted by Crippen LogP contribution is 2.18. The van der Waals surface area contributed by atoms with Crippen molar-refractivity contribution in [3.63, 3.8) is 0 Å². The molecular formula is C17H24N2O2. The van der Waals surface area contributed by atoms with Gasteiger partial charge in [0.05, 0.1) is 19.4 Å². The number of hydrogen-bond acceptors (Lipinski definition) is 3. The normalized spacial score (nSPS) is 10.6. The predicted octanol–water partition coefficient (Wildman–Crippen LogP) is 3.83. The molecule has 0 aliphatic carbocycles. The minimum absolute atomic E-state index is 0.760. The molecule has 0 radical (unpaired) electrons. The number of methoxy groups -OCH3 is 1. The summed E-state index contributed by atoms with van der Waals surface area (Å²) in [6.07, 6.45) is 4.51. The van der Waals surface area contributed by atoms with E-state index in [2.05, 4.69) is 24.0 Å². The van der Waals surface area contributed by atoms with Crippen LogP contribution in [0.3, 0.4) is 0 Å². The smallest absolute Gasteiger partial charge is 0.119 e. The molecule has 0 spiro atoms. The van der Waals surface area contributed by atoms with E-state index in [1.807, 2.05) is 24.3 Å². The molecule has 0 bridgehead atoms. The number of rotatable bonds is 8. The third-order valence-corrected chi connectivity index (χ3v) is 3.68. The fourth-order valence-electron chi connectivity index (χ4n) is 2.39. The summed E-state index contributed by atoms with van der Waals surface area (Å²) in [5, 5.41) is 7.26. The number of nitrogens with zero attached hydrogens (tertiary/aromatic N) is 1. The lowest BCUT2D eigenvalue weighted by molar-refractivity contribution is 0.304. The summed E-state index contributed by atoms with van der Waals surface area (Å²) in [7, 11) is 1.67. The first kappa shape index (κ1) is 15.4. The summed E-state index contributed by atoms with van der Waals surface area (Å²) >= 11 is 0. The van der Waals surface area contributed by atoms with Crippen LogP contribution >= 0.6 is 0 Å². The third kappa shape index (κ3) is 4.52. The summed E-state index contributed by atoms with van der Waals surface area (Å²) in [6, 6.07) is 7.72. The number of unbranched alkanes of at least 4 members (excludes halogenated alkanes) is 2. The Kier molecular flexibility index (Phi) is 5.67. The lowest BCUT2D eigenvalue weighted by Gasteiger charge is -2.07. The summed E-state index contributed by atoms with van der Waals surface area (Å²) in [4.78, 5) is 0. The van der Waals surface area contributed by atoms with Crippen molar-refractivity contribution in [2.24, 2.45) is 0 Å². The molecule has 0 fully saturated rings. The minimum Gasteiger partial charge on any atom is -0.497 e. The average molecular weight is 288 g/mol. The van der Waals surface area contributed by atoms with E-state index in [0.717, 1.165) is 36.6 Å². The van der Waals surface area contributed by atoms with Crippen LogP contribution in [0.2, 0.25) is 0 Å². The second-order valence-corrected chi connectivity index (χ2v) is 5.25. The lowest BCUT2D eigenvalue weighted by Crippen LogP contribution is -1.98. The van der Waals surface area contributed by atoms with Gasteiger partial charge < -0.3 is 9.47 Å². The Hall–Kier alpha value is -1.97. The Morgan fingerprint density at radius 2 is 1.71 bits per heavy atom. The zero-order valence-electron chi connectivity index (χ0n) is 13.1. The van der Waals surface area contributed by atoms with Gasteiger partial charge in [0.1, 0.15) is 11.5 Å². The number of hydrogen-bond donors (Lipinski definition) is 1. The van der Waals surface area contributed by atoms with E-state index in [1.165, 1.54) is 24.1 Å². The molecule has 1 aromatic heterocycles. The summed E-state index contributed by atoms with van der Waals surface area (Å²) < 4.78 is 10.8. The lowest BCUT2D eigenvalue weighted by atomic mass is 10.1. The molecule has 0 aliphatic rings. The van der Waals surface area contributed by atoms with Gasteiger partial charge in [-0.1, -0.05) is 0 Å². The molecule has 4 nitrogen and oxygen atoms in total. The fourth-order valence-corrected chi connectivity index (χ4v) is 2.39. The zero-order valence-corrected chi connectivity index (χ0v) is 13.1. The van der Waals surface area contributed by atoms with Gasteiger partial charge in [-0.3, -0.25) is 5.10 Å². The van der Waals surface area contributed by atoms with Crippen LogP contribution in [0.25, 0.3) is 0 Å². The molecule has 0 aliphatic heterocycles.